The van der Waals surface area contributed by atoms with Gasteiger partial charge in [0.1, 0.15) is 0 Å². The molecule has 0 N–H and O–H groups in total. The Balaban J connectivity index is 3.29. The van der Waals surface area contributed by atoms with Gasteiger partial charge in [-0.2, -0.15) is 0 Å². The zero-order chi connectivity index (χ0) is 6.57. The second kappa shape index (κ2) is 3.98. The summed E-state index contributed by atoms with van der Waals surface area (Å²) in [5.41, 5.74) is 0. The lowest BCUT2D eigenvalue weighted by atomic mass is 10.5. The zero-order valence-corrected chi connectivity index (χ0v) is 6.57. The molecule has 0 atom stereocenters. The maximum absolute atomic E-state index is 4.11. The first-order valence-corrected chi connectivity index (χ1v) is 3.08. The zero-order valence-electron chi connectivity index (χ0n) is 5.68. The van der Waals surface area contributed by atoms with Crippen LogP contribution in [0, 0.1) is 0 Å². The summed E-state index contributed by atoms with van der Waals surface area (Å²) in [7, 11) is 4.07. The van der Waals surface area contributed by atoms with Crippen molar-refractivity contribution in [3.8, 4) is 0 Å². The molecule has 0 amide bonds. The van der Waals surface area contributed by atoms with Crippen LogP contribution in [0.3, 0.4) is 0 Å². The van der Waals surface area contributed by atoms with Crippen LogP contribution in [0.1, 0.15) is 6.92 Å². The van der Waals surface area contributed by atoms with Crippen molar-refractivity contribution in [2.45, 2.75) is 6.92 Å². The van der Waals surface area contributed by atoms with Crippen molar-refractivity contribution in [2.24, 2.45) is 0 Å². The highest BCUT2D eigenvalue weighted by Gasteiger charge is 1.81. The molecule has 0 unspecified atom stereocenters. The lowest BCUT2D eigenvalue weighted by molar-refractivity contribution is 0.456. The van der Waals surface area contributed by atoms with Gasteiger partial charge in [0.15, 0.2) is 0 Å². The van der Waals surface area contributed by atoms with Gasteiger partial charge in [-0.1, -0.05) is 6.08 Å². The summed E-state index contributed by atoms with van der Waals surface area (Å²) in [6.07, 6.45) is 2.07. The fourth-order valence-corrected chi connectivity index (χ4v) is 0.396. The number of thiol groups is 1. The van der Waals surface area contributed by atoms with Crippen molar-refractivity contribution < 1.29 is 0 Å². The van der Waals surface area contributed by atoms with Crippen LogP contribution in [-0.4, -0.2) is 25.5 Å². The van der Waals surface area contributed by atoms with E-state index in [1.807, 2.05) is 21.0 Å². The third-order valence-electron chi connectivity index (χ3n) is 0.752. The van der Waals surface area contributed by atoms with Crippen molar-refractivity contribution >= 4 is 12.6 Å². The van der Waals surface area contributed by atoms with Crippen molar-refractivity contribution in [3.63, 3.8) is 0 Å². The largest absolute Gasteiger partial charge is 0.306 e. The van der Waals surface area contributed by atoms with E-state index in [9.17, 15) is 0 Å². The maximum Gasteiger partial charge on any atom is 0.0167 e. The molecule has 8 heavy (non-hydrogen) atoms. The van der Waals surface area contributed by atoms with Crippen LogP contribution in [-0.2, 0) is 0 Å². The molecular formula is C6H13NS. The topological polar surface area (TPSA) is 3.24 Å². The average molecular weight is 131 g/mol. The van der Waals surface area contributed by atoms with Gasteiger partial charge in [-0.25, -0.2) is 0 Å². The molecule has 2 heteroatoms. The van der Waals surface area contributed by atoms with Crippen LogP contribution >= 0.6 is 12.6 Å². The minimum atomic E-state index is 0.981. The number of rotatable bonds is 2. The lowest BCUT2D eigenvalue weighted by Crippen LogP contribution is -2.10. The molecule has 0 heterocycles. The highest BCUT2D eigenvalue weighted by atomic mass is 32.1. The Kier molecular flexibility index (Phi) is 4.01. The predicted octanol–water partition coefficient (Wildman–Crippen LogP) is 1.38. The second-order valence-electron chi connectivity index (χ2n) is 2.11. The minimum absolute atomic E-state index is 0.981. The van der Waals surface area contributed by atoms with Crippen molar-refractivity contribution in [3.05, 3.63) is 11.0 Å². The van der Waals surface area contributed by atoms with Gasteiger partial charge in [-0.15, -0.1) is 12.6 Å². The van der Waals surface area contributed by atoms with E-state index >= 15 is 0 Å². The first kappa shape index (κ1) is 8.05. The van der Waals surface area contributed by atoms with E-state index in [1.165, 1.54) is 0 Å². The quantitative estimate of drug-likeness (QED) is 0.554. The summed E-state index contributed by atoms with van der Waals surface area (Å²) < 4.78 is 0. The van der Waals surface area contributed by atoms with Gasteiger partial charge in [0, 0.05) is 6.54 Å². The standard InChI is InChI=1S/C6H13NS/c1-6(8)4-5-7(2)3/h4,8H,5H2,1-3H3/b6-4+. The predicted molar refractivity (Wildman–Crippen MR) is 41.3 cm³/mol. The SMILES string of the molecule is C/C(S)=C\CN(C)C. The van der Waals surface area contributed by atoms with Gasteiger partial charge in [0.05, 0.1) is 0 Å². The Hall–Kier alpha value is 0.0500. The van der Waals surface area contributed by atoms with E-state index in [-0.39, 0.29) is 0 Å². The van der Waals surface area contributed by atoms with Crippen molar-refractivity contribution in [2.75, 3.05) is 20.6 Å². The van der Waals surface area contributed by atoms with Gasteiger partial charge in [0.2, 0.25) is 0 Å². The summed E-state index contributed by atoms with van der Waals surface area (Å²) in [6.45, 7) is 2.96. The summed E-state index contributed by atoms with van der Waals surface area (Å²) in [4.78, 5) is 3.18. The van der Waals surface area contributed by atoms with Crippen LogP contribution in [0.15, 0.2) is 11.0 Å². The third kappa shape index (κ3) is 6.05. The molecule has 0 aliphatic carbocycles. The van der Waals surface area contributed by atoms with Gasteiger partial charge in [-0.3, -0.25) is 0 Å². The summed E-state index contributed by atoms with van der Waals surface area (Å²) in [5.74, 6) is 0. The monoisotopic (exact) mass is 131 g/mol. The van der Waals surface area contributed by atoms with Gasteiger partial charge in [-0.05, 0) is 25.9 Å². The van der Waals surface area contributed by atoms with E-state index in [0.717, 1.165) is 11.4 Å². The number of hydrogen-bond donors (Lipinski definition) is 1. The molecule has 0 spiro atoms. The van der Waals surface area contributed by atoms with E-state index < -0.39 is 0 Å². The van der Waals surface area contributed by atoms with Gasteiger partial charge in [0.25, 0.3) is 0 Å². The number of nitrogens with zero attached hydrogens (tertiary/aromatic N) is 1. The summed E-state index contributed by atoms with van der Waals surface area (Å²) in [6, 6.07) is 0. The van der Waals surface area contributed by atoms with Crippen LogP contribution in [0.2, 0.25) is 0 Å². The first-order chi connectivity index (χ1) is 3.63. The molecule has 0 aliphatic rings. The molecule has 0 aliphatic heterocycles. The Bertz CT molecular complexity index is 82.5. The molecular weight excluding hydrogens is 118 g/mol. The summed E-state index contributed by atoms with van der Waals surface area (Å²) in [5, 5.41) is 0. The molecule has 0 saturated carbocycles. The fraction of sp³-hybridized carbons (Fsp3) is 0.667. The molecule has 0 bridgehead atoms. The van der Waals surface area contributed by atoms with Crippen LogP contribution in [0.5, 0.6) is 0 Å². The second-order valence-corrected chi connectivity index (χ2v) is 2.81. The molecule has 1 nitrogen and oxygen atoms in total. The molecule has 48 valence electrons. The van der Waals surface area contributed by atoms with E-state index in [4.69, 9.17) is 0 Å². The highest BCUT2D eigenvalue weighted by molar-refractivity contribution is 7.84. The molecule has 0 aromatic heterocycles. The van der Waals surface area contributed by atoms with E-state index in [1.54, 1.807) is 0 Å². The maximum atomic E-state index is 4.11. The smallest absolute Gasteiger partial charge is 0.0167 e. The minimum Gasteiger partial charge on any atom is -0.306 e. The van der Waals surface area contributed by atoms with Crippen LogP contribution in [0.4, 0.5) is 0 Å². The Labute approximate surface area is 56.8 Å². The Morgan fingerprint density at radius 2 is 2.12 bits per heavy atom. The third-order valence-corrected chi connectivity index (χ3v) is 0.934. The van der Waals surface area contributed by atoms with Gasteiger partial charge >= 0.3 is 0 Å². The summed E-state index contributed by atoms with van der Waals surface area (Å²) >= 11 is 4.11. The molecule has 0 aromatic carbocycles. The number of allylic oxidation sites excluding steroid dienone is 1. The van der Waals surface area contributed by atoms with Gasteiger partial charge < -0.3 is 4.90 Å². The van der Waals surface area contributed by atoms with Crippen LogP contribution in [0.25, 0.3) is 0 Å². The normalized spacial score (nSPS) is 12.9. The molecule has 0 radical (unpaired) electrons. The molecule has 0 fully saturated rings. The number of hydrogen-bond acceptors (Lipinski definition) is 2. The van der Waals surface area contributed by atoms with Crippen LogP contribution < -0.4 is 0 Å². The molecule has 0 saturated heterocycles. The van der Waals surface area contributed by atoms with E-state index in [2.05, 4.69) is 23.6 Å². The number of likely N-dealkylation sites (N-methyl/N-ethyl adjacent to an activating group) is 1. The first-order valence-electron chi connectivity index (χ1n) is 2.63. The average Bonchev–Trinajstić information content (AvgIpc) is 1.61. The Morgan fingerprint density at radius 1 is 1.62 bits per heavy atom. The Morgan fingerprint density at radius 3 is 2.25 bits per heavy atom. The van der Waals surface area contributed by atoms with E-state index in [0.29, 0.717) is 0 Å². The highest BCUT2D eigenvalue weighted by Crippen LogP contribution is 1.95. The van der Waals surface area contributed by atoms with Crippen molar-refractivity contribution in [1.82, 2.24) is 4.90 Å². The molecule has 0 aromatic rings. The lowest BCUT2D eigenvalue weighted by Gasteiger charge is -2.03. The molecule has 0 rings (SSSR count). The van der Waals surface area contributed by atoms with Crippen molar-refractivity contribution in [1.29, 1.82) is 0 Å². The fourth-order valence-electron chi connectivity index (χ4n) is 0.315.